The summed E-state index contributed by atoms with van der Waals surface area (Å²) in [6.45, 7) is 0. The fraction of sp³-hybridized carbons (Fsp3) is 0.214. The fourth-order valence-corrected chi connectivity index (χ4v) is 2.48. The van der Waals surface area contributed by atoms with Crippen LogP contribution in [0.25, 0.3) is 0 Å². The van der Waals surface area contributed by atoms with Gasteiger partial charge in [0.2, 0.25) is 0 Å². The van der Waals surface area contributed by atoms with Crippen molar-refractivity contribution in [2.45, 2.75) is 18.9 Å². The number of aryl methyl sites for hydroxylation is 1. The minimum Gasteiger partial charge on any atom is -0.319 e. The molecular formula is C14H13FN2. The van der Waals surface area contributed by atoms with E-state index >= 15 is 0 Å². The number of nitrogens with zero attached hydrogens (tertiary/aromatic N) is 1. The van der Waals surface area contributed by atoms with Gasteiger partial charge in [-0.3, -0.25) is 4.98 Å². The Bertz CT molecular complexity index is 566. The molecule has 0 bridgehead atoms. The van der Waals surface area contributed by atoms with Crippen molar-refractivity contribution in [2.75, 3.05) is 0 Å². The van der Waals surface area contributed by atoms with Crippen molar-refractivity contribution in [3.05, 3.63) is 64.7 Å². The van der Waals surface area contributed by atoms with Crippen molar-refractivity contribution in [1.82, 2.24) is 4.98 Å². The largest absolute Gasteiger partial charge is 0.319 e. The first-order valence-electron chi connectivity index (χ1n) is 5.74. The molecule has 0 fully saturated rings. The Labute approximate surface area is 99.3 Å². The molecule has 1 unspecified atom stereocenters. The second-order valence-electron chi connectivity index (χ2n) is 4.33. The molecule has 86 valence electrons. The molecule has 1 aromatic heterocycles. The lowest BCUT2D eigenvalue weighted by Crippen LogP contribution is -2.15. The Balaban J connectivity index is 2.20. The molecule has 0 saturated heterocycles. The van der Waals surface area contributed by atoms with Crippen molar-refractivity contribution >= 4 is 0 Å². The Morgan fingerprint density at radius 2 is 2.06 bits per heavy atom. The normalized spacial score (nSPS) is 18.1. The van der Waals surface area contributed by atoms with Crippen LogP contribution in [0.1, 0.15) is 28.4 Å². The van der Waals surface area contributed by atoms with Crippen molar-refractivity contribution < 1.29 is 4.39 Å². The standard InChI is InChI=1S/C14H13FN2/c15-12-5-1-4-11-10(12)7-6-9-3-2-8-17-14(9)13(11)16/h1-5,8,13H,6-7,16H2. The van der Waals surface area contributed by atoms with Crippen molar-refractivity contribution in [2.24, 2.45) is 5.73 Å². The number of benzene rings is 1. The Kier molecular flexibility index (Phi) is 2.41. The van der Waals surface area contributed by atoms with Gasteiger partial charge in [-0.15, -0.1) is 0 Å². The molecule has 1 atom stereocenters. The van der Waals surface area contributed by atoms with Crippen molar-refractivity contribution in [3.63, 3.8) is 0 Å². The van der Waals surface area contributed by atoms with Crippen LogP contribution in [-0.4, -0.2) is 4.98 Å². The minimum atomic E-state index is -0.320. The number of fused-ring (bicyclic) bond motifs is 2. The zero-order valence-corrected chi connectivity index (χ0v) is 9.36. The van der Waals surface area contributed by atoms with E-state index in [-0.39, 0.29) is 11.9 Å². The van der Waals surface area contributed by atoms with E-state index in [0.717, 1.165) is 28.8 Å². The van der Waals surface area contributed by atoms with E-state index in [2.05, 4.69) is 4.98 Å². The van der Waals surface area contributed by atoms with Gasteiger partial charge in [0.15, 0.2) is 0 Å². The Morgan fingerprint density at radius 1 is 1.18 bits per heavy atom. The van der Waals surface area contributed by atoms with Gasteiger partial charge >= 0.3 is 0 Å². The number of pyridine rings is 1. The predicted molar refractivity (Wildman–Crippen MR) is 64.1 cm³/mol. The Morgan fingerprint density at radius 3 is 2.94 bits per heavy atom. The molecule has 0 spiro atoms. The third-order valence-electron chi connectivity index (χ3n) is 3.36. The second kappa shape index (κ2) is 3.93. The molecular weight excluding hydrogens is 215 g/mol. The van der Waals surface area contributed by atoms with Crippen LogP contribution in [0.4, 0.5) is 4.39 Å². The van der Waals surface area contributed by atoms with Crippen LogP contribution < -0.4 is 5.73 Å². The quantitative estimate of drug-likeness (QED) is 0.751. The molecule has 2 N–H and O–H groups in total. The van der Waals surface area contributed by atoms with Crippen molar-refractivity contribution in [3.8, 4) is 0 Å². The van der Waals surface area contributed by atoms with E-state index in [4.69, 9.17) is 5.73 Å². The van der Waals surface area contributed by atoms with Gasteiger partial charge in [0.05, 0.1) is 11.7 Å². The average Bonchev–Trinajstić information content (AvgIpc) is 2.50. The van der Waals surface area contributed by atoms with Crippen LogP contribution in [0.5, 0.6) is 0 Å². The summed E-state index contributed by atoms with van der Waals surface area (Å²) >= 11 is 0. The maximum atomic E-state index is 13.8. The van der Waals surface area contributed by atoms with Crippen LogP contribution in [0.2, 0.25) is 0 Å². The van der Waals surface area contributed by atoms with Gasteiger partial charge in [-0.05, 0) is 41.7 Å². The van der Waals surface area contributed by atoms with Crippen molar-refractivity contribution in [1.29, 1.82) is 0 Å². The maximum absolute atomic E-state index is 13.8. The minimum absolute atomic E-state index is 0.161. The van der Waals surface area contributed by atoms with Gasteiger partial charge in [-0.2, -0.15) is 0 Å². The first kappa shape index (κ1) is 10.4. The van der Waals surface area contributed by atoms with E-state index < -0.39 is 0 Å². The average molecular weight is 228 g/mol. The maximum Gasteiger partial charge on any atom is 0.126 e. The predicted octanol–water partition coefficient (Wildman–Crippen LogP) is 2.37. The SMILES string of the molecule is NC1c2cccc(F)c2CCc2cccnc21. The van der Waals surface area contributed by atoms with E-state index in [1.165, 1.54) is 6.07 Å². The van der Waals surface area contributed by atoms with Crippen LogP contribution in [0.3, 0.4) is 0 Å². The first-order valence-corrected chi connectivity index (χ1v) is 5.74. The second-order valence-corrected chi connectivity index (χ2v) is 4.33. The highest BCUT2D eigenvalue weighted by molar-refractivity contribution is 5.41. The monoisotopic (exact) mass is 228 g/mol. The topological polar surface area (TPSA) is 38.9 Å². The van der Waals surface area contributed by atoms with Crippen LogP contribution in [0, 0.1) is 5.82 Å². The highest BCUT2D eigenvalue weighted by atomic mass is 19.1. The third-order valence-corrected chi connectivity index (χ3v) is 3.36. The molecule has 1 aliphatic carbocycles. The molecule has 2 nitrogen and oxygen atoms in total. The zero-order chi connectivity index (χ0) is 11.8. The van der Waals surface area contributed by atoms with Gasteiger partial charge in [-0.25, -0.2) is 4.39 Å². The molecule has 3 rings (SSSR count). The van der Waals surface area contributed by atoms with Gasteiger partial charge in [0.1, 0.15) is 5.82 Å². The third kappa shape index (κ3) is 1.63. The summed E-state index contributed by atoms with van der Waals surface area (Å²) in [7, 11) is 0. The number of halogens is 1. The molecule has 0 aliphatic heterocycles. The summed E-state index contributed by atoms with van der Waals surface area (Å²) in [4.78, 5) is 4.34. The first-order chi connectivity index (χ1) is 8.27. The number of aromatic nitrogens is 1. The summed E-state index contributed by atoms with van der Waals surface area (Å²) in [6.07, 6.45) is 3.22. The van der Waals surface area contributed by atoms with Crippen LogP contribution in [0.15, 0.2) is 36.5 Å². The molecule has 1 aliphatic rings. The lowest BCUT2D eigenvalue weighted by atomic mass is 9.98. The molecule has 3 heteroatoms. The number of hydrogen-bond donors (Lipinski definition) is 1. The highest BCUT2D eigenvalue weighted by Crippen LogP contribution is 2.30. The molecule has 0 saturated carbocycles. The summed E-state index contributed by atoms with van der Waals surface area (Å²) in [5, 5.41) is 0. The van der Waals surface area contributed by atoms with E-state index in [9.17, 15) is 4.39 Å². The van der Waals surface area contributed by atoms with Crippen LogP contribution >= 0.6 is 0 Å². The summed E-state index contributed by atoms with van der Waals surface area (Å²) in [6, 6.07) is 8.70. The summed E-state index contributed by atoms with van der Waals surface area (Å²) in [5.74, 6) is -0.161. The fourth-order valence-electron chi connectivity index (χ4n) is 2.48. The van der Waals surface area contributed by atoms with E-state index in [0.29, 0.717) is 6.42 Å². The van der Waals surface area contributed by atoms with Gasteiger partial charge < -0.3 is 5.73 Å². The number of rotatable bonds is 0. The van der Waals surface area contributed by atoms with E-state index in [1.54, 1.807) is 12.3 Å². The summed E-state index contributed by atoms with van der Waals surface area (Å²) in [5.41, 5.74) is 9.79. The Hall–Kier alpha value is -1.74. The molecule has 0 amide bonds. The number of nitrogens with two attached hydrogens (primary N) is 1. The van der Waals surface area contributed by atoms with Gasteiger partial charge in [-0.1, -0.05) is 18.2 Å². The molecule has 17 heavy (non-hydrogen) atoms. The van der Waals surface area contributed by atoms with Crippen LogP contribution in [-0.2, 0) is 12.8 Å². The highest BCUT2D eigenvalue weighted by Gasteiger charge is 2.23. The lowest BCUT2D eigenvalue weighted by Gasteiger charge is -2.14. The number of hydrogen-bond acceptors (Lipinski definition) is 2. The van der Waals surface area contributed by atoms with Gasteiger partial charge in [0, 0.05) is 6.20 Å². The smallest absolute Gasteiger partial charge is 0.126 e. The van der Waals surface area contributed by atoms with Gasteiger partial charge in [0.25, 0.3) is 0 Å². The molecule has 1 aromatic carbocycles. The van der Waals surface area contributed by atoms with E-state index in [1.807, 2.05) is 18.2 Å². The zero-order valence-electron chi connectivity index (χ0n) is 9.36. The molecule has 0 radical (unpaired) electrons. The summed E-state index contributed by atoms with van der Waals surface area (Å²) < 4.78 is 13.8. The lowest BCUT2D eigenvalue weighted by molar-refractivity contribution is 0.604. The molecule has 2 aromatic rings. The molecule has 1 heterocycles.